The Morgan fingerprint density at radius 2 is 2.10 bits per heavy atom. The van der Waals surface area contributed by atoms with Crippen LogP contribution in [-0.4, -0.2) is 44.7 Å². The van der Waals surface area contributed by atoms with E-state index in [1.165, 1.54) is 0 Å². The van der Waals surface area contributed by atoms with Crippen LogP contribution in [0.1, 0.15) is 25.8 Å². The summed E-state index contributed by atoms with van der Waals surface area (Å²) in [5.74, 6) is 0.497. The molecule has 118 valence electrons. The molecule has 0 saturated carbocycles. The quantitative estimate of drug-likeness (QED) is 0.814. The Morgan fingerprint density at radius 1 is 1.33 bits per heavy atom. The van der Waals surface area contributed by atoms with E-state index in [1.54, 1.807) is 6.07 Å². The van der Waals surface area contributed by atoms with Crippen molar-refractivity contribution < 1.29 is 4.39 Å². The lowest BCUT2D eigenvalue weighted by molar-refractivity contribution is 0.266. The molecule has 2 rings (SSSR count). The zero-order valence-corrected chi connectivity index (χ0v) is 13.7. The van der Waals surface area contributed by atoms with Gasteiger partial charge in [0.2, 0.25) is 0 Å². The van der Waals surface area contributed by atoms with Gasteiger partial charge in [-0.3, -0.25) is 0 Å². The number of hydrogen-bond acceptors (Lipinski definition) is 3. The first-order valence-corrected chi connectivity index (χ1v) is 7.94. The smallest absolute Gasteiger partial charge is 0.129 e. The number of benzene rings is 1. The van der Waals surface area contributed by atoms with Gasteiger partial charge >= 0.3 is 0 Å². The summed E-state index contributed by atoms with van der Waals surface area (Å²) >= 11 is 0. The van der Waals surface area contributed by atoms with Crippen LogP contribution in [0, 0.1) is 11.7 Å². The molecule has 3 nitrogen and oxygen atoms in total. The fourth-order valence-corrected chi connectivity index (χ4v) is 3.23. The standard InChI is InChI=1S/C17H28FN3/c1-5-9-19-10-14-15(18)7-6-8-16(14)21-11-13(2)17(12-21)20(3)4/h6-8,13,17,19H,5,9-12H2,1-4H3. The largest absolute Gasteiger partial charge is 0.369 e. The van der Waals surface area contributed by atoms with Gasteiger partial charge in [-0.1, -0.05) is 19.9 Å². The fourth-order valence-electron chi connectivity index (χ4n) is 3.23. The van der Waals surface area contributed by atoms with E-state index in [2.05, 4.69) is 49.1 Å². The van der Waals surface area contributed by atoms with Gasteiger partial charge in [-0.05, 0) is 45.1 Å². The van der Waals surface area contributed by atoms with Crippen LogP contribution >= 0.6 is 0 Å². The van der Waals surface area contributed by atoms with Gasteiger partial charge < -0.3 is 15.1 Å². The average molecular weight is 293 g/mol. The second kappa shape index (κ2) is 7.23. The number of hydrogen-bond donors (Lipinski definition) is 1. The second-order valence-corrected chi connectivity index (χ2v) is 6.33. The summed E-state index contributed by atoms with van der Waals surface area (Å²) in [5.41, 5.74) is 1.85. The molecule has 0 amide bonds. The first-order valence-electron chi connectivity index (χ1n) is 7.94. The fraction of sp³-hybridized carbons (Fsp3) is 0.647. The van der Waals surface area contributed by atoms with Gasteiger partial charge in [0.25, 0.3) is 0 Å². The molecule has 1 aromatic rings. The summed E-state index contributed by atoms with van der Waals surface area (Å²) in [5, 5.41) is 3.32. The molecule has 1 aliphatic rings. The van der Waals surface area contributed by atoms with Crippen LogP contribution in [0.3, 0.4) is 0 Å². The molecule has 1 N–H and O–H groups in total. The molecule has 4 heteroatoms. The lowest BCUT2D eigenvalue weighted by atomic mass is 10.1. The molecule has 0 aliphatic carbocycles. The molecule has 1 aromatic carbocycles. The summed E-state index contributed by atoms with van der Waals surface area (Å²) < 4.78 is 14.2. The molecule has 1 fully saturated rings. The van der Waals surface area contributed by atoms with Crippen LogP contribution < -0.4 is 10.2 Å². The van der Waals surface area contributed by atoms with E-state index in [1.807, 2.05) is 6.07 Å². The topological polar surface area (TPSA) is 18.5 Å². The Labute approximate surface area is 128 Å². The van der Waals surface area contributed by atoms with Crippen LogP contribution in [0.2, 0.25) is 0 Å². The third-order valence-electron chi connectivity index (χ3n) is 4.40. The molecule has 21 heavy (non-hydrogen) atoms. The Morgan fingerprint density at radius 3 is 2.71 bits per heavy atom. The van der Waals surface area contributed by atoms with E-state index in [-0.39, 0.29) is 5.82 Å². The van der Waals surface area contributed by atoms with Crippen molar-refractivity contribution in [1.29, 1.82) is 0 Å². The minimum absolute atomic E-state index is 0.0999. The van der Waals surface area contributed by atoms with Gasteiger partial charge in [-0.25, -0.2) is 4.39 Å². The molecule has 0 radical (unpaired) electrons. The van der Waals surface area contributed by atoms with Crippen LogP contribution in [-0.2, 0) is 6.54 Å². The lowest BCUT2D eigenvalue weighted by Crippen LogP contribution is -2.34. The van der Waals surface area contributed by atoms with Crippen LogP contribution in [0.5, 0.6) is 0 Å². The molecule has 1 saturated heterocycles. The van der Waals surface area contributed by atoms with E-state index in [9.17, 15) is 4.39 Å². The summed E-state index contributed by atoms with van der Waals surface area (Å²) in [6.45, 7) is 7.89. The first kappa shape index (κ1) is 16.2. The van der Waals surface area contributed by atoms with Crippen molar-refractivity contribution in [2.45, 2.75) is 32.9 Å². The van der Waals surface area contributed by atoms with Gasteiger partial charge in [-0.15, -0.1) is 0 Å². The predicted molar refractivity (Wildman–Crippen MR) is 87.2 cm³/mol. The number of rotatable bonds is 6. The Kier molecular flexibility index (Phi) is 5.59. The highest BCUT2D eigenvalue weighted by Gasteiger charge is 2.32. The zero-order valence-electron chi connectivity index (χ0n) is 13.7. The van der Waals surface area contributed by atoms with E-state index in [0.717, 1.165) is 37.3 Å². The summed E-state index contributed by atoms with van der Waals surface area (Å²) in [6.07, 6.45) is 1.06. The maximum absolute atomic E-state index is 14.2. The van der Waals surface area contributed by atoms with Gasteiger partial charge in [0.05, 0.1) is 0 Å². The van der Waals surface area contributed by atoms with Crippen molar-refractivity contribution in [2.24, 2.45) is 5.92 Å². The minimum atomic E-state index is -0.0999. The SMILES string of the molecule is CCCNCc1c(F)cccc1N1CC(C)C(N(C)C)C1. The van der Waals surface area contributed by atoms with E-state index in [0.29, 0.717) is 18.5 Å². The number of anilines is 1. The molecule has 2 unspecified atom stereocenters. The summed E-state index contributed by atoms with van der Waals surface area (Å²) in [7, 11) is 4.25. The maximum Gasteiger partial charge on any atom is 0.129 e. The zero-order chi connectivity index (χ0) is 15.4. The first-order chi connectivity index (χ1) is 10.0. The predicted octanol–water partition coefficient (Wildman–Crippen LogP) is 2.71. The second-order valence-electron chi connectivity index (χ2n) is 6.33. The molecular weight excluding hydrogens is 265 g/mol. The molecular formula is C17H28FN3. The Bertz CT molecular complexity index is 461. The van der Waals surface area contributed by atoms with E-state index >= 15 is 0 Å². The molecule has 0 aromatic heterocycles. The Balaban J connectivity index is 2.18. The van der Waals surface area contributed by atoms with E-state index in [4.69, 9.17) is 0 Å². The highest BCUT2D eigenvalue weighted by molar-refractivity contribution is 5.55. The maximum atomic E-state index is 14.2. The van der Waals surface area contributed by atoms with Crippen molar-refractivity contribution in [3.63, 3.8) is 0 Å². The van der Waals surface area contributed by atoms with Crippen LogP contribution in [0.15, 0.2) is 18.2 Å². The highest BCUT2D eigenvalue weighted by Crippen LogP contribution is 2.30. The van der Waals surface area contributed by atoms with Gasteiger partial charge in [0, 0.05) is 36.9 Å². The summed E-state index contributed by atoms with van der Waals surface area (Å²) in [4.78, 5) is 4.61. The van der Waals surface area contributed by atoms with Crippen molar-refractivity contribution in [3.8, 4) is 0 Å². The molecule has 0 spiro atoms. The monoisotopic (exact) mass is 293 g/mol. The van der Waals surface area contributed by atoms with Gasteiger partial charge in [0.15, 0.2) is 0 Å². The van der Waals surface area contributed by atoms with Gasteiger partial charge in [0.1, 0.15) is 5.82 Å². The summed E-state index contributed by atoms with van der Waals surface area (Å²) in [6, 6.07) is 5.97. The van der Waals surface area contributed by atoms with Crippen molar-refractivity contribution in [1.82, 2.24) is 10.2 Å². The molecule has 1 aliphatic heterocycles. The highest BCUT2D eigenvalue weighted by atomic mass is 19.1. The van der Waals surface area contributed by atoms with Crippen molar-refractivity contribution in [2.75, 3.05) is 38.6 Å². The molecule has 0 bridgehead atoms. The lowest BCUT2D eigenvalue weighted by Gasteiger charge is -2.24. The van der Waals surface area contributed by atoms with E-state index < -0.39 is 0 Å². The molecule has 2 atom stereocenters. The normalized spacial score (nSPS) is 22.3. The number of halogens is 1. The van der Waals surface area contributed by atoms with Gasteiger partial charge in [-0.2, -0.15) is 0 Å². The third-order valence-corrected chi connectivity index (χ3v) is 4.40. The number of likely N-dealkylation sites (N-methyl/N-ethyl adjacent to an activating group) is 1. The Hall–Kier alpha value is -1.13. The average Bonchev–Trinajstić information content (AvgIpc) is 2.83. The minimum Gasteiger partial charge on any atom is -0.369 e. The van der Waals surface area contributed by atoms with Crippen LogP contribution in [0.4, 0.5) is 10.1 Å². The number of nitrogens with zero attached hydrogens (tertiary/aromatic N) is 2. The van der Waals surface area contributed by atoms with Crippen molar-refractivity contribution in [3.05, 3.63) is 29.6 Å². The van der Waals surface area contributed by atoms with Crippen molar-refractivity contribution >= 4 is 5.69 Å². The number of nitrogens with one attached hydrogen (secondary N) is 1. The molecule has 1 heterocycles. The third kappa shape index (κ3) is 3.74. The van der Waals surface area contributed by atoms with Crippen LogP contribution in [0.25, 0.3) is 0 Å².